The molecule has 0 fully saturated rings. The zero-order valence-corrected chi connectivity index (χ0v) is 8.37. The van der Waals surface area contributed by atoms with E-state index in [9.17, 15) is 0 Å². The van der Waals surface area contributed by atoms with E-state index in [1.165, 1.54) is 0 Å². The van der Waals surface area contributed by atoms with Crippen LogP contribution in [-0.4, -0.2) is 38.5 Å². The van der Waals surface area contributed by atoms with Gasteiger partial charge in [-0.3, -0.25) is 4.68 Å². The van der Waals surface area contributed by atoms with Gasteiger partial charge in [-0.15, -0.1) is 0 Å². The van der Waals surface area contributed by atoms with Crippen molar-refractivity contribution in [1.82, 2.24) is 9.78 Å². The molecule has 0 aliphatic rings. The lowest BCUT2D eigenvalue weighted by Gasteiger charge is -2.04. The summed E-state index contributed by atoms with van der Waals surface area (Å²) in [6, 6.07) is 1.94. The zero-order chi connectivity index (χ0) is 9.68. The molecule has 1 atom stereocenters. The van der Waals surface area contributed by atoms with Gasteiger partial charge in [0.1, 0.15) is 0 Å². The van der Waals surface area contributed by atoms with E-state index in [2.05, 4.69) is 5.10 Å². The van der Waals surface area contributed by atoms with E-state index in [1.807, 2.05) is 19.3 Å². The average Bonchev–Trinajstić information content (AvgIpc) is 2.51. The summed E-state index contributed by atoms with van der Waals surface area (Å²) in [5.41, 5.74) is 0.998. The second kappa shape index (κ2) is 5.26. The molecule has 0 aromatic carbocycles. The minimum Gasteiger partial charge on any atom is -0.394 e. The number of aliphatic hydroxyl groups is 2. The molecule has 1 aromatic rings. The fourth-order valence-corrected chi connectivity index (χ4v) is 1.75. The standard InChI is InChI=1S/C8H14N2O2S/c1-10-3-2-7(9-10)5-13-6-8(12)4-11/h2-3,8,11-12H,4-6H2,1H3. The highest BCUT2D eigenvalue weighted by molar-refractivity contribution is 7.98. The van der Waals surface area contributed by atoms with E-state index in [-0.39, 0.29) is 6.61 Å². The predicted octanol–water partition coefficient (Wildman–Crippen LogP) is 0.00650. The molecule has 0 aliphatic heterocycles. The van der Waals surface area contributed by atoms with Crippen molar-refractivity contribution in [3.63, 3.8) is 0 Å². The van der Waals surface area contributed by atoms with Crippen molar-refractivity contribution in [2.75, 3.05) is 12.4 Å². The van der Waals surface area contributed by atoms with Gasteiger partial charge in [0.25, 0.3) is 0 Å². The van der Waals surface area contributed by atoms with Gasteiger partial charge in [-0.25, -0.2) is 0 Å². The normalized spacial score (nSPS) is 13.2. The van der Waals surface area contributed by atoms with Crippen molar-refractivity contribution in [2.24, 2.45) is 7.05 Å². The quantitative estimate of drug-likeness (QED) is 0.706. The molecule has 0 saturated heterocycles. The first-order chi connectivity index (χ1) is 6.22. The van der Waals surface area contributed by atoms with Crippen molar-refractivity contribution in [3.05, 3.63) is 18.0 Å². The van der Waals surface area contributed by atoms with Crippen LogP contribution in [0.5, 0.6) is 0 Å². The highest BCUT2D eigenvalue weighted by Gasteiger charge is 2.02. The number of aliphatic hydroxyl groups excluding tert-OH is 2. The van der Waals surface area contributed by atoms with E-state index >= 15 is 0 Å². The average molecular weight is 202 g/mol. The molecule has 0 amide bonds. The maximum atomic E-state index is 9.04. The Labute approximate surface area is 81.6 Å². The minimum absolute atomic E-state index is 0.171. The van der Waals surface area contributed by atoms with Gasteiger partial charge < -0.3 is 10.2 Å². The third-order valence-electron chi connectivity index (χ3n) is 1.54. The smallest absolute Gasteiger partial charge is 0.0861 e. The van der Waals surface area contributed by atoms with Crippen molar-refractivity contribution in [3.8, 4) is 0 Å². The monoisotopic (exact) mass is 202 g/mol. The van der Waals surface area contributed by atoms with Crippen LogP contribution in [0.3, 0.4) is 0 Å². The van der Waals surface area contributed by atoms with E-state index in [1.54, 1.807) is 16.4 Å². The lowest BCUT2D eigenvalue weighted by atomic mass is 10.4. The fourth-order valence-electron chi connectivity index (χ4n) is 0.892. The van der Waals surface area contributed by atoms with E-state index in [0.29, 0.717) is 5.75 Å². The number of aryl methyl sites for hydroxylation is 1. The molecule has 0 spiro atoms. The van der Waals surface area contributed by atoms with Crippen molar-refractivity contribution in [2.45, 2.75) is 11.9 Å². The van der Waals surface area contributed by atoms with Gasteiger partial charge in [0.05, 0.1) is 18.4 Å². The van der Waals surface area contributed by atoms with Gasteiger partial charge in [0, 0.05) is 24.8 Å². The van der Waals surface area contributed by atoms with Crippen molar-refractivity contribution in [1.29, 1.82) is 0 Å². The molecule has 1 unspecified atom stereocenters. The van der Waals surface area contributed by atoms with Crippen LogP contribution in [0.25, 0.3) is 0 Å². The van der Waals surface area contributed by atoms with Gasteiger partial charge in [-0.05, 0) is 6.07 Å². The number of rotatable bonds is 5. The van der Waals surface area contributed by atoms with Gasteiger partial charge in [-0.1, -0.05) is 0 Å². The Bertz CT molecular complexity index is 252. The molecule has 1 heterocycles. The largest absolute Gasteiger partial charge is 0.394 e. The van der Waals surface area contributed by atoms with Gasteiger partial charge in [0.15, 0.2) is 0 Å². The topological polar surface area (TPSA) is 58.3 Å². The van der Waals surface area contributed by atoms with Gasteiger partial charge in [0.2, 0.25) is 0 Å². The molecule has 0 bridgehead atoms. The van der Waals surface area contributed by atoms with Crippen LogP contribution in [0.1, 0.15) is 5.69 Å². The molecule has 5 heteroatoms. The Morgan fingerprint density at radius 2 is 2.46 bits per heavy atom. The Hall–Kier alpha value is -0.520. The summed E-state index contributed by atoms with van der Waals surface area (Å²) in [7, 11) is 1.87. The minimum atomic E-state index is -0.617. The summed E-state index contributed by atoms with van der Waals surface area (Å²) in [6.07, 6.45) is 1.27. The second-order valence-corrected chi connectivity index (χ2v) is 3.86. The van der Waals surface area contributed by atoms with E-state index < -0.39 is 6.10 Å². The number of hydrogen-bond donors (Lipinski definition) is 2. The summed E-state index contributed by atoms with van der Waals surface area (Å²) >= 11 is 1.57. The lowest BCUT2D eigenvalue weighted by Crippen LogP contribution is -2.14. The van der Waals surface area contributed by atoms with Crippen molar-refractivity contribution >= 4 is 11.8 Å². The van der Waals surface area contributed by atoms with Crippen LogP contribution in [0.2, 0.25) is 0 Å². The molecule has 13 heavy (non-hydrogen) atoms. The van der Waals surface area contributed by atoms with E-state index in [4.69, 9.17) is 10.2 Å². The summed E-state index contributed by atoms with van der Waals surface area (Å²) < 4.78 is 1.75. The molecule has 2 N–H and O–H groups in total. The molecule has 0 aliphatic carbocycles. The molecule has 4 nitrogen and oxygen atoms in total. The summed E-state index contributed by atoms with van der Waals surface area (Å²) in [5.74, 6) is 1.32. The Morgan fingerprint density at radius 3 is 3.00 bits per heavy atom. The molecule has 1 aromatic heterocycles. The fraction of sp³-hybridized carbons (Fsp3) is 0.625. The maximum Gasteiger partial charge on any atom is 0.0861 e. The molecular formula is C8H14N2O2S. The molecular weight excluding hydrogens is 188 g/mol. The van der Waals surface area contributed by atoms with Crippen LogP contribution in [0.15, 0.2) is 12.3 Å². The second-order valence-electron chi connectivity index (χ2n) is 2.83. The number of nitrogens with zero attached hydrogens (tertiary/aromatic N) is 2. The lowest BCUT2D eigenvalue weighted by molar-refractivity contribution is 0.113. The van der Waals surface area contributed by atoms with Crippen LogP contribution < -0.4 is 0 Å². The number of thioether (sulfide) groups is 1. The van der Waals surface area contributed by atoms with Gasteiger partial charge in [-0.2, -0.15) is 16.9 Å². The first kappa shape index (κ1) is 10.6. The van der Waals surface area contributed by atoms with Crippen LogP contribution >= 0.6 is 11.8 Å². The SMILES string of the molecule is Cn1ccc(CSCC(O)CO)n1. The predicted molar refractivity (Wildman–Crippen MR) is 52.5 cm³/mol. The third-order valence-corrected chi connectivity index (χ3v) is 2.66. The third kappa shape index (κ3) is 3.80. The molecule has 0 saturated carbocycles. The Kier molecular flexibility index (Phi) is 4.27. The molecule has 74 valence electrons. The van der Waals surface area contributed by atoms with E-state index in [0.717, 1.165) is 11.4 Å². The summed E-state index contributed by atoms with van der Waals surface area (Å²) in [5, 5.41) is 21.8. The van der Waals surface area contributed by atoms with Gasteiger partial charge >= 0.3 is 0 Å². The zero-order valence-electron chi connectivity index (χ0n) is 7.55. The summed E-state index contributed by atoms with van der Waals surface area (Å²) in [4.78, 5) is 0. The van der Waals surface area contributed by atoms with Crippen molar-refractivity contribution < 1.29 is 10.2 Å². The Morgan fingerprint density at radius 1 is 1.69 bits per heavy atom. The van der Waals surface area contributed by atoms with Crippen LogP contribution in [-0.2, 0) is 12.8 Å². The molecule has 1 rings (SSSR count). The maximum absolute atomic E-state index is 9.04. The van der Waals surface area contributed by atoms with Crippen LogP contribution in [0.4, 0.5) is 0 Å². The molecule has 0 radical (unpaired) electrons. The highest BCUT2D eigenvalue weighted by Crippen LogP contribution is 2.10. The first-order valence-corrected chi connectivity index (χ1v) is 5.23. The summed E-state index contributed by atoms with van der Waals surface area (Å²) in [6.45, 7) is -0.171. The van der Waals surface area contributed by atoms with Crippen LogP contribution in [0, 0.1) is 0 Å². The highest BCUT2D eigenvalue weighted by atomic mass is 32.2. The first-order valence-electron chi connectivity index (χ1n) is 4.07. The Balaban J connectivity index is 2.20. The number of aromatic nitrogens is 2. The number of hydrogen-bond acceptors (Lipinski definition) is 4.